The number of allylic oxidation sites excluding steroid dienone is 1. The third-order valence-electron chi connectivity index (χ3n) is 16.1. The Morgan fingerprint density at radius 1 is 0.563 bits per heavy atom. The van der Waals surface area contributed by atoms with Crippen molar-refractivity contribution in [3.63, 3.8) is 0 Å². The summed E-state index contributed by atoms with van der Waals surface area (Å²) in [4.78, 5) is 5.25. The number of hydrogen-bond donors (Lipinski definition) is 0. The second-order valence-electron chi connectivity index (χ2n) is 22.1. The molecule has 0 saturated carbocycles. The topological polar surface area (TPSA) is 11.4 Å². The Balaban J connectivity index is 1.21. The third-order valence-corrected chi connectivity index (χ3v) is 16.1. The van der Waals surface area contributed by atoms with Gasteiger partial charge in [-0.1, -0.05) is 150 Å². The van der Waals surface area contributed by atoms with E-state index in [2.05, 4.69) is 261 Å². The minimum absolute atomic E-state index is 0.0509. The van der Waals surface area contributed by atoms with Gasteiger partial charge in [-0.15, -0.1) is 0 Å². The molecule has 0 spiro atoms. The Morgan fingerprint density at radius 2 is 1.23 bits per heavy atom. The number of anilines is 6. The summed E-state index contributed by atoms with van der Waals surface area (Å²) in [5.74, 6) is 0. The summed E-state index contributed by atoms with van der Waals surface area (Å²) < 4.78 is 2.48. The average Bonchev–Trinajstić information content (AvgIpc) is 3.76. The van der Waals surface area contributed by atoms with Crippen LogP contribution >= 0.6 is 0 Å². The lowest BCUT2D eigenvalue weighted by Gasteiger charge is -2.45. The molecule has 3 aliphatic rings. The molecule has 0 N–H and O–H groups in total. The standard InChI is InChI=1S/C67H62BN3/c1-13-21-51-52-38-56-60(39-58(52)70(57(51)14-2)64-41(4)22-20-23-42(64)5)69(48-29-30-50-49-26-18-19-27-53(49)67(11,12)54(50)37-48)61-32-40(3)33-62-63(61)68(56)55-31-28-47(66(8,9)10)36-59(55)71(62)65-43(6)34-46(35-44(65)7)45-24-16-15-17-25-45/h13-39H,2H2,1,3-12H3/b21-13-. The Morgan fingerprint density at radius 3 is 1.92 bits per heavy atom. The maximum atomic E-state index is 4.49. The number of hydrogen-bond acceptors (Lipinski definition) is 2. The van der Waals surface area contributed by atoms with Gasteiger partial charge in [0.25, 0.3) is 6.71 Å². The highest BCUT2D eigenvalue weighted by Crippen LogP contribution is 2.53. The van der Waals surface area contributed by atoms with Gasteiger partial charge in [0.05, 0.1) is 22.6 Å². The van der Waals surface area contributed by atoms with Crippen LogP contribution in [0.4, 0.5) is 34.1 Å². The van der Waals surface area contributed by atoms with E-state index in [-0.39, 0.29) is 17.5 Å². The van der Waals surface area contributed by atoms with Gasteiger partial charge in [0.1, 0.15) is 0 Å². The van der Waals surface area contributed by atoms with Gasteiger partial charge in [0, 0.05) is 44.8 Å². The van der Waals surface area contributed by atoms with Crippen molar-refractivity contribution in [2.45, 2.75) is 87.0 Å². The van der Waals surface area contributed by atoms with Gasteiger partial charge in [-0.3, -0.25) is 0 Å². The quantitative estimate of drug-likeness (QED) is 0.154. The smallest absolute Gasteiger partial charge is 0.252 e. The molecule has 0 saturated heterocycles. The maximum Gasteiger partial charge on any atom is 0.252 e. The van der Waals surface area contributed by atoms with Crippen LogP contribution in [0.2, 0.25) is 0 Å². The number of rotatable bonds is 6. The molecular weight excluding hydrogens is 858 g/mol. The molecule has 0 amide bonds. The lowest BCUT2D eigenvalue weighted by Crippen LogP contribution is -2.61. The van der Waals surface area contributed by atoms with Crippen LogP contribution in [0.3, 0.4) is 0 Å². The number of para-hydroxylation sites is 1. The van der Waals surface area contributed by atoms with Crippen molar-refractivity contribution in [2.75, 3.05) is 9.80 Å². The molecule has 1 aromatic heterocycles. The van der Waals surface area contributed by atoms with Crippen LogP contribution in [0.25, 0.3) is 51.0 Å². The van der Waals surface area contributed by atoms with Crippen LogP contribution in [-0.4, -0.2) is 11.3 Å². The summed E-state index contributed by atoms with van der Waals surface area (Å²) in [5, 5.41) is 1.22. The zero-order valence-electron chi connectivity index (χ0n) is 43.2. The zero-order chi connectivity index (χ0) is 49.4. The van der Waals surface area contributed by atoms with E-state index in [1.54, 1.807) is 0 Å². The summed E-state index contributed by atoms with van der Waals surface area (Å²) in [6, 6.07) is 55.9. The molecule has 0 fully saturated rings. The van der Waals surface area contributed by atoms with Crippen LogP contribution in [0.15, 0.2) is 158 Å². The number of benzene rings is 8. The predicted molar refractivity (Wildman–Crippen MR) is 307 cm³/mol. The van der Waals surface area contributed by atoms with Crippen molar-refractivity contribution in [2.24, 2.45) is 0 Å². The van der Waals surface area contributed by atoms with E-state index >= 15 is 0 Å². The first kappa shape index (κ1) is 44.6. The molecule has 0 radical (unpaired) electrons. The van der Waals surface area contributed by atoms with Crippen molar-refractivity contribution in [1.29, 1.82) is 0 Å². The second-order valence-corrected chi connectivity index (χ2v) is 22.1. The largest absolute Gasteiger partial charge is 0.311 e. The molecule has 0 atom stereocenters. The number of aromatic nitrogens is 1. The van der Waals surface area contributed by atoms with Crippen molar-refractivity contribution in [1.82, 2.24) is 4.57 Å². The van der Waals surface area contributed by atoms with Crippen LogP contribution in [0, 0.1) is 34.6 Å². The van der Waals surface area contributed by atoms with E-state index < -0.39 is 0 Å². The lowest BCUT2D eigenvalue weighted by atomic mass is 9.33. The van der Waals surface area contributed by atoms with Gasteiger partial charge in [-0.25, -0.2) is 0 Å². The first-order chi connectivity index (χ1) is 34.1. The number of fused-ring (bicyclic) bond motifs is 8. The molecule has 348 valence electrons. The minimum atomic E-state index is -0.169. The lowest BCUT2D eigenvalue weighted by molar-refractivity contribution is 0.590. The van der Waals surface area contributed by atoms with Crippen molar-refractivity contribution in [3.05, 3.63) is 214 Å². The molecular formula is C67H62BN3. The summed E-state index contributed by atoms with van der Waals surface area (Å²) >= 11 is 0. The SMILES string of the molecule is C=Cc1c(/C=C\C)c2cc3c(cc2n1-c1c(C)cccc1C)N(c1ccc2c(c1)C(C)(C)c1ccccc1-2)c1cc(C)cc2c1B3c1ccc(C(C)(C)C)cc1N2c1c(C)cc(-c2ccccc2)cc1C. The molecule has 71 heavy (non-hydrogen) atoms. The molecule has 3 nitrogen and oxygen atoms in total. The summed E-state index contributed by atoms with van der Waals surface area (Å²) in [7, 11) is 0. The van der Waals surface area contributed by atoms with Crippen molar-refractivity contribution >= 4 is 80.3 Å². The fourth-order valence-corrected chi connectivity index (χ4v) is 12.8. The summed E-state index contributed by atoms with van der Waals surface area (Å²) in [5.41, 5.74) is 31.1. The normalized spacial score (nSPS) is 14.2. The van der Waals surface area contributed by atoms with E-state index in [1.165, 1.54) is 139 Å². The first-order valence-corrected chi connectivity index (χ1v) is 25.4. The van der Waals surface area contributed by atoms with Gasteiger partial charge in [0.15, 0.2) is 0 Å². The summed E-state index contributed by atoms with van der Waals surface area (Å²) in [6.07, 6.45) is 6.53. The average molecular weight is 920 g/mol. The third kappa shape index (κ3) is 6.56. The Bertz CT molecular complexity index is 3720. The van der Waals surface area contributed by atoms with Gasteiger partial charge in [-0.2, -0.15) is 0 Å². The molecule has 0 unspecified atom stereocenters. The monoisotopic (exact) mass is 920 g/mol. The number of nitrogens with zero attached hydrogens (tertiary/aromatic N) is 3. The molecule has 9 aromatic rings. The van der Waals surface area contributed by atoms with Crippen LogP contribution in [0.1, 0.15) is 97.3 Å². The minimum Gasteiger partial charge on any atom is -0.311 e. The van der Waals surface area contributed by atoms with Crippen molar-refractivity contribution in [3.8, 4) is 27.9 Å². The Labute approximate surface area is 421 Å². The molecule has 4 heteroatoms. The molecule has 1 aliphatic carbocycles. The fourth-order valence-electron chi connectivity index (χ4n) is 12.8. The fraction of sp³-hybridized carbons (Fsp3) is 0.194. The van der Waals surface area contributed by atoms with Gasteiger partial charge in [-0.05, 0) is 185 Å². The highest BCUT2D eigenvalue weighted by atomic mass is 15.2. The summed E-state index contributed by atoms with van der Waals surface area (Å²) in [6.45, 7) is 29.7. The molecule has 2 aliphatic heterocycles. The van der Waals surface area contributed by atoms with E-state index in [0.717, 1.165) is 5.69 Å². The highest BCUT2D eigenvalue weighted by molar-refractivity contribution is 7.00. The van der Waals surface area contributed by atoms with Gasteiger partial charge < -0.3 is 14.4 Å². The zero-order valence-corrected chi connectivity index (χ0v) is 43.2. The Hall–Kier alpha value is -7.56. The van der Waals surface area contributed by atoms with E-state index in [4.69, 9.17) is 0 Å². The Kier molecular flexibility index (Phi) is 10.1. The maximum absolute atomic E-state index is 4.49. The molecule has 12 rings (SSSR count). The van der Waals surface area contributed by atoms with Crippen LogP contribution in [0.5, 0.6) is 0 Å². The predicted octanol–water partition coefficient (Wildman–Crippen LogP) is 16.2. The van der Waals surface area contributed by atoms with Crippen LogP contribution in [-0.2, 0) is 10.8 Å². The molecule has 0 bridgehead atoms. The number of aryl methyl sites for hydroxylation is 5. The van der Waals surface area contributed by atoms with E-state index in [1.807, 2.05) is 0 Å². The highest BCUT2D eigenvalue weighted by Gasteiger charge is 2.45. The van der Waals surface area contributed by atoms with E-state index in [0.29, 0.717) is 0 Å². The first-order valence-electron chi connectivity index (χ1n) is 25.4. The van der Waals surface area contributed by atoms with Gasteiger partial charge >= 0.3 is 0 Å². The molecule has 8 aromatic carbocycles. The molecule has 3 heterocycles. The van der Waals surface area contributed by atoms with Gasteiger partial charge in [0.2, 0.25) is 0 Å². The van der Waals surface area contributed by atoms with Crippen molar-refractivity contribution < 1.29 is 0 Å². The second kappa shape index (κ2) is 16.0. The van der Waals surface area contributed by atoms with Crippen LogP contribution < -0.4 is 26.2 Å². The van der Waals surface area contributed by atoms with E-state index in [9.17, 15) is 0 Å².